The van der Waals surface area contributed by atoms with E-state index in [1.807, 2.05) is 0 Å². The number of piperidine rings is 1. The quantitative estimate of drug-likeness (QED) is 0.858. The number of hydrogen-bond acceptors (Lipinski definition) is 4. The summed E-state index contributed by atoms with van der Waals surface area (Å²) in [6, 6.07) is 8.56. The van der Waals surface area contributed by atoms with Crippen molar-refractivity contribution in [2.75, 3.05) is 44.2 Å². The van der Waals surface area contributed by atoms with Gasteiger partial charge in [0, 0.05) is 38.4 Å². The van der Waals surface area contributed by atoms with E-state index in [0.717, 1.165) is 51.4 Å². The minimum Gasteiger partial charge on any atom is -0.489 e. The van der Waals surface area contributed by atoms with Crippen LogP contribution >= 0.6 is 0 Å². The van der Waals surface area contributed by atoms with Crippen LogP contribution in [0.25, 0.3) is 0 Å². The van der Waals surface area contributed by atoms with Crippen LogP contribution in [0.1, 0.15) is 12.8 Å². The van der Waals surface area contributed by atoms with Crippen molar-refractivity contribution in [3.63, 3.8) is 0 Å². The molecular formula is C15H23N3O. The lowest BCUT2D eigenvalue weighted by atomic mass is 10.1. The Balaban J connectivity index is 1.58. The molecule has 0 amide bonds. The van der Waals surface area contributed by atoms with E-state index < -0.39 is 0 Å². The molecule has 0 spiro atoms. The Morgan fingerprint density at radius 3 is 2.47 bits per heavy atom. The van der Waals surface area contributed by atoms with Crippen molar-refractivity contribution in [2.45, 2.75) is 18.9 Å². The van der Waals surface area contributed by atoms with Crippen molar-refractivity contribution in [1.29, 1.82) is 0 Å². The molecule has 1 aromatic rings. The van der Waals surface area contributed by atoms with Crippen molar-refractivity contribution in [3.05, 3.63) is 24.3 Å². The van der Waals surface area contributed by atoms with Crippen molar-refractivity contribution >= 4 is 5.69 Å². The number of piperazine rings is 1. The lowest BCUT2D eigenvalue weighted by Crippen LogP contribution is -2.43. The van der Waals surface area contributed by atoms with E-state index in [-0.39, 0.29) is 0 Å². The summed E-state index contributed by atoms with van der Waals surface area (Å²) in [6.45, 7) is 6.43. The molecule has 1 aromatic carbocycles. The Morgan fingerprint density at radius 1 is 1.00 bits per heavy atom. The summed E-state index contributed by atoms with van der Waals surface area (Å²) in [5.74, 6) is 0.993. The number of nitrogens with one attached hydrogen (secondary N) is 2. The van der Waals surface area contributed by atoms with Gasteiger partial charge in [0.05, 0.1) is 0 Å². The van der Waals surface area contributed by atoms with E-state index >= 15 is 0 Å². The van der Waals surface area contributed by atoms with E-state index in [0.29, 0.717) is 6.10 Å². The molecule has 0 radical (unpaired) electrons. The Morgan fingerprint density at radius 2 is 1.79 bits per heavy atom. The first-order valence-corrected chi connectivity index (χ1v) is 7.35. The fourth-order valence-electron chi connectivity index (χ4n) is 2.77. The standard InChI is InChI=1S/C15H23N3O/c1-2-15(12-17-7-1)19-14-5-3-13(4-6-14)18-10-8-16-9-11-18/h3-6,15-17H,1-2,7-12H2. The molecule has 3 rings (SSSR count). The molecular weight excluding hydrogens is 238 g/mol. The number of benzene rings is 1. The van der Waals surface area contributed by atoms with Crippen LogP contribution in [0.3, 0.4) is 0 Å². The van der Waals surface area contributed by atoms with Crippen LogP contribution in [0.4, 0.5) is 5.69 Å². The van der Waals surface area contributed by atoms with Crippen LogP contribution in [0.15, 0.2) is 24.3 Å². The first kappa shape index (κ1) is 12.8. The SMILES string of the molecule is c1cc(N2CCNCC2)ccc1OC1CCCNC1. The van der Waals surface area contributed by atoms with Gasteiger partial charge in [-0.2, -0.15) is 0 Å². The maximum absolute atomic E-state index is 6.00. The van der Waals surface area contributed by atoms with Crippen LogP contribution in [-0.4, -0.2) is 45.4 Å². The molecule has 2 saturated heterocycles. The van der Waals surface area contributed by atoms with Gasteiger partial charge in [-0.25, -0.2) is 0 Å². The third-order valence-electron chi connectivity index (χ3n) is 3.87. The first-order chi connectivity index (χ1) is 9.42. The number of anilines is 1. The molecule has 19 heavy (non-hydrogen) atoms. The third-order valence-corrected chi connectivity index (χ3v) is 3.87. The van der Waals surface area contributed by atoms with E-state index in [1.165, 1.54) is 12.1 Å². The molecule has 2 aliphatic heterocycles. The van der Waals surface area contributed by atoms with Crippen molar-refractivity contribution < 1.29 is 4.74 Å². The van der Waals surface area contributed by atoms with E-state index in [1.54, 1.807) is 0 Å². The van der Waals surface area contributed by atoms with Gasteiger partial charge in [-0.3, -0.25) is 0 Å². The minimum absolute atomic E-state index is 0.332. The number of ether oxygens (including phenoxy) is 1. The van der Waals surface area contributed by atoms with Gasteiger partial charge in [0.2, 0.25) is 0 Å². The van der Waals surface area contributed by atoms with Gasteiger partial charge < -0.3 is 20.3 Å². The van der Waals surface area contributed by atoms with Crippen molar-refractivity contribution in [2.24, 2.45) is 0 Å². The molecule has 0 bridgehead atoms. The molecule has 4 nitrogen and oxygen atoms in total. The fourth-order valence-corrected chi connectivity index (χ4v) is 2.77. The highest BCUT2D eigenvalue weighted by Gasteiger charge is 2.15. The van der Waals surface area contributed by atoms with E-state index in [2.05, 4.69) is 39.8 Å². The molecule has 2 heterocycles. The number of nitrogens with zero attached hydrogens (tertiary/aromatic N) is 1. The molecule has 1 atom stereocenters. The molecule has 1 unspecified atom stereocenters. The minimum atomic E-state index is 0.332. The van der Waals surface area contributed by atoms with E-state index in [9.17, 15) is 0 Å². The molecule has 0 aromatic heterocycles. The maximum Gasteiger partial charge on any atom is 0.119 e. The van der Waals surface area contributed by atoms with Gasteiger partial charge >= 0.3 is 0 Å². The van der Waals surface area contributed by atoms with Crippen LogP contribution in [0, 0.1) is 0 Å². The third kappa shape index (κ3) is 3.39. The van der Waals surface area contributed by atoms with Gasteiger partial charge in [0.25, 0.3) is 0 Å². The maximum atomic E-state index is 6.00. The second-order valence-electron chi connectivity index (χ2n) is 5.32. The zero-order valence-electron chi connectivity index (χ0n) is 11.4. The zero-order chi connectivity index (χ0) is 12.9. The molecule has 104 valence electrons. The Labute approximate surface area is 115 Å². The summed E-state index contributed by atoms with van der Waals surface area (Å²) in [4.78, 5) is 2.42. The summed E-state index contributed by atoms with van der Waals surface area (Å²) in [7, 11) is 0. The number of hydrogen-bond donors (Lipinski definition) is 2. The van der Waals surface area contributed by atoms with Crippen LogP contribution in [-0.2, 0) is 0 Å². The summed E-state index contributed by atoms with van der Waals surface area (Å²) in [5, 5.41) is 6.75. The summed E-state index contributed by atoms with van der Waals surface area (Å²) < 4.78 is 6.00. The highest BCUT2D eigenvalue weighted by atomic mass is 16.5. The summed E-state index contributed by atoms with van der Waals surface area (Å²) >= 11 is 0. The Hall–Kier alpha value is -1.26. The van der Waals surface area contributed by atoms with Gasteiger partial charge in [-0.1, -0.05) is 0 Å². The fraction of sp³-hybridized carbons (Fsp3) is 0.600. The van der Waals surface area contributed by atoms with Gasteiger partial charge in [-0.05, 0) is 43.7 Å². The molecule has 2 aliphatic rings. The Bertz CT molecular complexity index is 381. The highest BCUT2D eigenvalue weighted by Crippen LogP contribution is 2.21. The second-order valence-corrected chi connectivity index (χ2v) is 5.32. The van der Waals surface area contributed by atoms with Gasteiger partial charge in [-0.15, -0.1) is 0 Å². The summed E-state index contributed by atoms with van der Waals surface area (Å²) in [6.07, 6.45) is 2.70. The van der Waals surface area contributed by atoms with Crippen LogP contribution in [0.2, 0.25) is 0 Å². The predicted molar refractivity (Wildman–Crippen MR) is 78.0 cm³/mol. The van der Waals surface area contributed by atoms with Gasteiger partial charge in [0.1, 0.15) is 11.9 Å². The summed E-state index contributed by atoms with van der Waals surface area (Å²) in [5.41, 5.74) is 1.30. The lowest BCUT2D eigenvalue weighted by Gasteiger charge is -2.29. The Kier molecular flexibility index (Phi) is 4.20. The molecule has 0 saturated carbocycles. The molecule has 4 heteroatoms. The monoisotopic (exact) mass is 261 g/mol. The molecule has 0 aliphatic carbocycles. The second kappa shape index (κ2) is 6.26. The largest absolute Gasteiger partial charge is 0.489 e. The average molecular weight is 261 g/mol. The zero-order valence-corrected chi connectivity index (χ0v) is 11.4. The first-order valence-electron chi connectivity index (χ1n) is 7.35. The highest BCUT2D eigenvalue weighted by molar-refractivity contribution is 5.49. The molecule has 2 N–H and O–H groups in total. The predicted octanol–water partition coefficient (Wildman–Crippen LogP) is 1.23. The topological polar surface area (TPSA) is 36.5 Å². The van der Waals surface area contributed by atoms with Crippen LogP contribution < -0.4 is 20.3 Å². The average Bonchev–Trinajstić information content (AvgIpc) is 2.50. The van der Waals surface area contributed by atoms with Gasteiger partial charge in [0.15, 0.2) is 0 Å². The normalized spacial score (nSPS) is 24.2. The van der Waals surface area contributed by atoms with Crippen LogP contribution in [0.5, 0.6) is 5.75 Å². The van der Waals surface area contributed by atoms with Crippen molar-refractivity contribution in [3.8, 4) is 5.75 Å². The van der Waals surface area contributed by atoms with Crippen molar-refractivity contribution in [1.82, 2.24) is 10.6 Å². The molecule has 2 fully saturated rings. The smallest absolute Gasteiger partial charge is 0.119 e. The number of rotatable bonds is 3. The van der Waals surface area contributed by atoms with E-state index in [4.69, 9.17) is 4.74 Å². The lowest BCUT2D eigenvalue weighted by molar-refractivity contribution is 0.167.